The molecule has 2 aromatic heterocycles. The van der Waals surface area contributed by atoms with E-state index >= 15 is 0 Å². The van der Waals surface area contributed by atoms with Gasteiger partial charge in [0.2, 0.25) is 0 Å². The van der Waals surface area contributed by atoms with Crippen LogP contribution in [-0.4, -0.2) is 9.97 Å². The quantitative estimate of drug-likeness (QED) is 0.202. The molecule has 0 atom stereocenters. The van der Waals surface area contributed by atoms with Gasteiger partial charge in [-0.05, 0) is 33.2 Å². The van der Waals surface area contributed by atoms with Crippen molar-refractivity contribution < 1.29 is 4.42 Å². The van der Waals surface area contributed by atoms with Crippen molar-refractivity contribution in [3.05, 3.63) is 134 Å². The number of rotatable bonds is 4. The number of fused-ring (bicyclic) bond motifs is 9. The van der Waals surface area contributed by atoms with Crippen molar-refractivity contribution in [1.29, 1.82) is 0 Å². The Bertz CT molecular complexity index is 2370. The van der Waals surface area contributed by atoms with Crippen LogP contribution in [-0.2, 0) is 0 Å². The van der Waals surface area contributed by atoms with Gasteiger partial charge in [0.05, 0.1) is 28.0 Å². The molecule has 0 bridgehead atoms. The van der Waals surface area contributed by atoms with Crippen molar-refractivity contribution >= 4 is 77.0 Å². The smallest absolute Gasteiger partial charge is 0.153 e. The van der Waals surface area contributed by atoms with Crippen LogP contribution in [0.1, 0.15) is 11.3 Å². The van der Waals surface area contributed by atoms with Gasteiger partial charge in [-0.2, -0.15) is 0 Å². The molecule has 0 amide bonds. The van der Waals surface area contributed by atoms with E-state index in [1.807, 2.05) is 18.3 Å². The highest BCUT2D eigenvalue weighted by atomic mass is 35.5. The second-order valence-corrected chi connectivity index (χ2v) is 10.9. The van der Waals surface area contributed by atoms with Crippen LogP contribution in [0.15, 0.2) is 127 Å². The molecule has 0 saturated heterocycles. The molecule has 2 heterocycles. The van der Waals surface area contributed by atoms with Crippen LogP contribution in [0, 0.1) is 0 Å². The summed E-state index contributed by atoms with van der Waals surface area (Å²) >= 11 is 6.36. The molecule has 42 heavy (non-hydrogen) atoms. The molecular weight excluding hydrogens is 536 g/mol. The Hall–Kier alpha value is -5.25. The van der Waals surface area contributed by atoms with Gasteiger partial charge in [-0.3, -0.25) is 4.98 Å². The lowest BCUT2D eigenvalue weighted by atomic mass is 9.95. The van der Waals surface area contributed by atoms with Gasteiger partial charge >= 0.3 is 0 Å². The second kappa shape index (κ2) is 9.41. The first-order chi connectivity index (χ1) is 20.6. The van der Waals surface area contributed by atoms with Gasteiger partial charge in [-0.15, -0.1) is 0 Å². The third-order valence-electron chi connectivity index (χ3n) is 8.09. The average molecular weight is 559 g/mol. The van der Waals surface area contributed by atoms with Gasteiger partial charge in [0.25, 0.3) is 0 Å². The standard InChI is InChI=1S/C38H23ClN2O/c1-3-26-34-27-11-5-4-10-25(27)20-32(38(34)42-37(26)22(2)39)23-16-18-24(19-17-23)33-21-40-35-30-14-8-6-12-28(30)29-13-7-9-15-31(29)36(35)41-33/h3-21H,1-2H2. The van der Waals surface area contributed by atoms with Gasteiger partial charge in [0.15, 0.2) is 5.76 Å². The predicted molar refractivity (Wildman–Crippen MR) is 178 cm³/mol. The van der Waals surface area contributed by atoms with E-state index in [1.165, 1.54) is 10.8 Å². The van der Waals surface area contributed by atoms with Gasteiger partial charge in [-0.1, -0.05) is 128 Å². The van der Waals surface area contributed by atoms with E-state index in [4.69, 9.17) is 26.0 Å². The molecule has 0 aliphatic rings. The number of halogens is 1. The van der Waals surface area contributed by atoms with Crippen molar-refractivity contribution in [2.75, 3.05) is 0 Å². The van der Waals surface area contributed by atoms with Crippen LogP contribution in [0.3, 0.4) is 0 Å². The van der Waals surface area contributed by atoms with Gasteiger partial charge in [0, 0.05) is 32.8 Å². The summed E-state index contributed by atoms with van der Waals surface area (Å²) < 4.78 is 6.36. The van der Waals surface area contributed by atoms with Crippen LogP contribution >= 0.6 is 11.6 Å². The zero-order chi connectivity index (χ0) is 28.4. The Morgan fingerprint density at radius 3 is 1.98 bits per heavy atom. The summed E-state index contributed by atoms with van der Waals surface area (Å²) in [5, 5.41) is 8.10. The van der Waals surface area contributed by atoms with Gasteiger partial charge in [0.1, 0.15) is 5.58 Å². The normalized spacial score (nSPS) is 11.6. The topological polar surface area (TPSA) is 38.9 Å². The Kier molecular flexibility index (Phi) is 5.50. The maximum Gasteiger partial charge on any atom is 0.153 e. The highest BCUT2D eigenvalue weighted by molar-refractivity contribution is 6.48. The van der Waals surface area contributed by atoms with Crippen molar-refractivity contribution in [3.63, 3.8) is 0 Å². The minimum Gasteiger partial charge on any atom is -0.454 e. The lowest BCUT2D eigenvalue weighted by Crippen LogP contribution is -1.92. The predicted octanol–water partition coefficient (Wildman–Crippen LogP) is 11.0. The summed E-state index contributed by atoms with van der Waals surface area (Å²) in [7, 11) is 0. The molecule has 0 unspecified atom stereocenters. The summed E-state index contributed by atoms with van der Waals surface area (Å²) in [6.07, 6.45) is 3.66. The second-order valence-electron chi connectivity index (χ2n) is 10.4. The van der Waals surface area contributed by atoms with E-state index in [-0.39, 0.29) is 0 Å². The van der Waals surface area contributed by atoms with Crippen LogP contribution in [0.4, 0.5) is 0 Å². The van der Waals surface area contributed by atoms with Crippen molar-refractivity contribution in [3.8, 4) is 22.4 Å². The highest BCUT2D eigenvalue weighted by Gasteiger charge is 2.20. The third kappa shape index (κ3) is 3.61. The molecule has 8 aromatic rings. The fraction of sp³-hybridized carbons (Fsp3) is 0. The number of furan rings is 1. The number of hydrogen-bond donors (Lipinski definition) is 0. The first-order valence-electron chi connectivity index (χ1n) is 13.7. The zero-order valence-corrected chi connectivity index (χ0v) is 23.3. The SMILES string of the molecule is C=Cc1c(C(=C)Cl)oc2c(-c3ccc(-c4cnc5c6ccccc6c6ccccc6c5n4)cc3)cc3ccccc3c12. The van der Waals surface area contributed by atoms with Crippen LogP contribution in [0.25, 0.3) is 87.8 Å². The fourth-order valence-electron chi connectivity index (χ4n) is 6.17. The van der Waals surface area contributed by atoms with Crippen LogP contribution in [0.5, 0.6) is 0 Å². The van der Waals surface area contributed by atoms with E-state index in [1.54, 1.807) is 6.08 Å². The van der Waals surface area contributed by atoms with Gasteiger partial charge in [-0.25, -0.2) is 4.98 Å². The third-order valence-corrected chi connectivity index (χ3v) is 8.26. The van der Waals surface area contributed by atoms with Crippen molar-refractivity contribution in [2.45, 2.75) is 0 Å². The molecule has 0 spiro atoms. The molecule has 8 rings (SSSR count). The van der Waals surface area contributed by atoms with Crippen molar-refractivity contribution in [2.24, 2.45) is 0 Å². The molecule has 0 N–H and O–H groups in total. The molecule has 0 aliphatic carbocycles. The molecule has 0 saturated carbocycles. The molecule has 6 aromatic carbocycles. The van der Waals surface area contributed by atoms with Gasteiger partial charge < -0.3 is 4.42 Å². The minimum absolute atomic E-state index is 0.349. The Labute approximate surface area is 247 Å². The fourth-order valence-corrected chi connectivity index (χ4v) is 6.31. The molecule has 198 valence electrons. The molecule has 3 nitrogen and oxygen atoms in total. The van der Waals surface area contributed by atoms with Crippen molar-refractivity contribution in [1.82, 2.24) is 9.97 Å². The Morgan fingerprint density at radius 1 is 0.714 bits per heavy atom. The van der Waals surface area contributed by atoms with Crippen LogP contribution in [0.2, 0.25) is 0 Å². The molecule has 0 aliphatic heterocycles. The first-order valence-corrected chi connectivity index (χ1v) is 14.1. The highest BCUT2D eigenvalue weighted by Crippen LogP contribution is 2.43. The van der Waals surface area contributed by atoms with E-state index < -0.39 is 0 Å². The largest absolute Gasteiger partial charge is 0.454 e. The number of nitrogens with zero attached hydrogens (tertiary/aromatic N) is 2. The maximum atomic E-state index is 6.36. The molecular formula is C38H23ClN2O. The summed E-state index contributed by atoms with van der Waals surface area (Å²) in [6.45, 7) is 7.96. The molecule has 0 radical (unpaired) electrons. The average Bonchev–Trinajstić information content (AvgIpc) is 3.45. The monoisotopic (exact) mass is 558 g/mol. The summed E-state index contributed by atoms with van der Waals surface area (Å²) in [6, 6.07) is 35.6. The zero-order valence-electron chi connectivity index (χ0n) is 22.6. The first kappa shape index (κ1) is 24.5. The molecule has 0 fully saturated rings. The van der Waals surface area contributed by atoms with E-state index in [0.717, 1.165) is 71.5 Å². The van der Waals surface area contributed by atoms with Crippen LogP contribution < -0.4 is 0 Å². The molecule has 4 heteroatoms. The number of benzene rings is 6. The maximum absolute atomic E-state index is 6.36. The number of aromatic nitrogens is 2. The number of hydrogen-bond acceptors (Lipinski definition) is 3. The van der Waals surface area contributed by atoms with E-state index in [9.17, 15) is 0 Å². The lowest BCUT2D eigenvalue weighted by molar-refractivity contribution is 0.603. The van der Waals surface area contributed by atoms with E-state index in [2.05, 4.69) is 104 Å². The summed E-state index contributed by atoms with van der Waals surface area (Å²) in [5.41, 5.74) is 7.25. The lowest BCUT2D eigenvalue weighted by Gasteiger charge is -2.11. The summed E-state index contributed by atoms with van der Waals surface area (Å²) in [4.78, 5) is 10.1. The van der Waals surface area contributed by atoms with E-state index in [0.29, 0.717) is 10.8 Å². The minimum atomic E-state index is 0.349. The Balaban J connectivity index is 1.30. The summed E-state index contributed by atoms with van der Waals surface area (Å²) in [5.74, 6) is 0.544. The Morgan fingerprint density at radius 2 is 1.31 bits per heavy atom.